The van der Waals surface area contributed by atoms with E-state index in [4.69, 9.17) is 28.3 Å². The van der Waals surface area contributed by atoms with Crippen LogP contribution < -0.4 is 0 Å². The molecule has 0 spiro atoms. The molecule has 102 valence electrons. The molecule has 1 aliphatic rings. The lowest BCUT2D eigenvalue weighted by Gasteiger charge is -2.33. The van der Waals surface area contributed by atoms with E-state index in [0.29, 0.717) is 23.6 Å². The van der Waals surface area contributed by atoms with Gasteiger partial charge in [-0.1, -0.05) is 23.2 Å². The Kier molecular flexibility index (Phi) is 4.32. The summed E-state index contributed by atoms with van der Waals surface area (Å²) in [7, 11) is 0. The number of hydrogen-bond acceptors (Lipinski definition) is 2. The number of hydrogen-bond donors (Lipinski definition) is 1. The molecule has 1 aromatic carbocycles. The highest BCUT2D eigenvalue weighted by molar-refractivity contribution is 6.36. The summed E-state index contributed by atoms with van der Waals surface area (Å²) in [6.07, 6.45) is 2.10. The predicted molar refractivity (Wildman–Crippen MR) is 72.8 cm³/mol. The third-order valence-electron chi connectivity index (χ3n) is 3.21. The predicted octanol–water partition coefficient (Wildman–Crippen LogP) is 3.07. The lowest BCUT2D eigenvalue weighted by Crippen LogP contribution is -2.48. The summed E-state index contributed by atoms with van der Waals surface area (Å²) < 4.78 is 0. The van der Waals surface area contributed by atoms with E-state index in [1.54, 1.807) is 6.07 Å². The molecule has 2 rings (SSSR count). The number of piperidine rings is 1. The molecular formula is C13H13Cl2NO3. The molecule has 1 aliphatic heterocycles. The first kappa shape index (κ1) is 14.2. The maximum Gasteiger partial charge on any atom is 0.326 e. The largest absolute Gasteiger partial charge is 0.480 e. The molecule has 0 bridgehead atoms. The van der Waals surface area contributed by atoms with Crippen LogP contribution in [0.2, 0.25) is 10.0 Å². The molecule has 1 saturated heterocycles. The molecule has 1 aromatic rings. The summed E-state index contributed by atoms with van der Waals surface area (Å²) in [5.74, 6) is -1.33. The van der Waals surface area contributed by atoms with E-state index in [9.17, 15) is 9.59 Å². The van der Waals surface area contributed by atoms with Crippen LogP contribution in [-0.4, -0.2) is 34.5 Å². The van der Waals surface area contributed by atoms with Crippen LogP contribution in [0.4, 0.5) is 0 Å². The maximum atomic E-state index is 12.4. The van der Waals surface area contributed by atoms with Gasteiger partial charge in [-0.05, 0) is 37.5 Å². The second-order valence-electron chi connectivity index (χ2n) is 4.47. The monoisotopic (exact) mass is 301 g/mol. The van der Waals surface area contributed by atoms with Crippen molar-refractivity contribution in [3.63, 3.8) is 0 Å². The smallest absolute Gasteiger partial charge is 0.326 e. The Bertz CT molecular complexity index is 519. The van der Waals surface area contributed by atoms with E-state index in [0.717, 1.165) is 12.8 Å². The summed E-state index contributed by atoms with van der Waals surface area (Å²) >= 11 is 11.8. The highest BCUT2D eigenvalue weighted by Crippen LogP contribution is 2.25. The zero-order valence-corrected chi connectivity index (χ0v) is 11.6. The van der Waals surface area contributed by atoms with Crippen molar-refractivity contribution >= 4 is 35.1 Å². The van der Waals surface area contributed by atoms with Crippen molar-refractivity contribution < 1.29 is 14.7 Å². The van der Waals surface area contributed by atoms with Gasteiger partial charge in [0, 0.05) is 11.6 Å². The lowest BCUT2D eigenvalue weighted by molar-refractivity contribution is -0.143. The van der Waals surface area contributed by atoms with Crippen LogP contribution in [0.5, 0.6) is 0 Å². The summed E-state index contributed by atoms with van der Waals surface area (Å²) in [6.45, 7) is 0.439. The third-order valence-corrected chi connectivity index (χ3v) is 3.76. The zero-order chi connectivity index (χ0) is 14.0. The van der Waals surface area contributed by atoms with E-state index >= 15 is 0 Å². The Morgan fingerprint density at radius 2 is 2.00 bits per heavy atom. The van der Waals surface area contributed by atoms with Gasteiger partial charge in [0.2, 0.25) is 0 Å². The number of carboxylic acid groups (broad SMARTS) is 1. The molecule has 0 radical (unpaired) electrons. The van der Waals surface area contributed by atoms with Gasteiger partial charge in [0.15, 0.2) is 0 Å². The molecule has 1 heterocycles. The van der Waals surface area contributed by atoms with Crippen molar-refractivity contribution in [1.82, 2.24) is 4.90 Å². The van der Waals surface area contributed by atoms with Gasteiger partial charge >= 0.3 is 5.97 Å². The Morgan fingerprint density at radius 1 is 1.26 bits per heavy atom. The topological polar surface area (TPSA) is 57.6 Å². The van der Waals surface area contributed by atoms with E-state index in [1.807, 2.05) is 0 Å². The van der Waals surface area contributed by atoms with E-state index in [-0.39, 0.29) is 10.9 Å². The zero-order valence-electron chi connectivity index (χ0n) is 10.1. The minimum absolute atomic E-state index is 0.243. The van der Waals surface area contributed by atoms with E-state index in [1.165, 1.54) is 17.0 Å². The summed E-state index contributed by atoms with van der Waals surface area (Å²) in [5.41, 5.74) is 0.291. The number of carboxylic acids is 1. The van der Waals surface area contributed by atoms with Crippen molar-refractivity contribution in [1.29, 1.82) is 0 Å². The Balaban J connectivity index is 2.28. The number of amides is 1. The molecule has 0 saturated carbocycles. The summed E-state index contributed by atoms with van der Waals surface area (Å²) in [4.78, 5) is 24.9. The normalized spacial score (nSPS) is 19.3. The van der Waals surface area contributed by atoms with Gasteiger partial charge in [-0.25, -0.2) is 4.79 Å². The summed E-state index contributed by atoms with van der Waals surface area (Å²) in [6, 6.07) is 3.81. The van der Waals surface area contributed by atoms with Crippen molar-refractivity contribution in [2.45, 2.75) is 25.3 Å². The van der Waals surface area contributed by atoms with Crippen molar-refractivity contribution in [3.05, 3.63) is 33.8 Å². The first-order valence-electron chi connectivity index (χ1n) is 5.99. The molecule has 1 unspecified atom stereocenters. The average molecular weight is 302 g/mol. The second-order valence-corrected chi connectivity index (χ2v) is 5.32. The highest BCUT2D eigenvalue weighted by Gasteiger charge is 2.33. The van der Waals surface area contributed by atoms with E-state index < -0.39 is 12.0 Å². The van der Waals surface area contributed by atoms with Gasteiger partial charge in [-0.2, -0.15) is 0 Å². The fourth-order valence-electron chi connectivity index (χ4n) is 2.25. The van der Waals surface area contributed by atoms with Crippen LogP contribution >= 0.6 is 23.2 Å². The van der Waals surface area contributed by atoms with Gasteiger partial charge in [-0.15, -0.1) is 0 Å². The molecule has 1 N–H and O–H groups in total. The quantitative estimate of drug-likeness (QED) is 0.913. The second kappa shape index (κ2) is 5.80. The number of carbonyl (C=O) groups excluding carboxylic acids is 1. The first-order chi connectivity index (χ1) is 9.00. The molecule has 1 fully saturated rings. The third kappa shape index (κ3) is 3.01. The highest BCUT2D eigenvalue weighted by atomic mass is 35.5. The lowest BCUT2D eigenvalue weighted by atomic mass is 10.0. The van der Waals surface area contributed by atoms with Crippen LogP contribution in [0.25, 0.3) is 0 Å². The fourth-order valence-corrected chi connectivity index (χ4v) is 2.74. The molecular weight excluding hydrogens is 289 g/mol. The SMILES string of the molecule is O=C(O)C1CCCCN1C(=O)c1ccc(Cl)cc1Cl. The number of aliphatic carboxylic acids is 1. The Morgan fingerprint density at radius 3 is 2.63 bits per heavy atom. The Hall–Kier alpha value is -1.26. The van der Waals surface area contributed by atoms with Crippen LogP contribution in [0.1, 0.15) is 29.6 Å². The van der Waals surface area contributed by atoms with Crippen molar-refractivity contribution in [3.8, 4) is 0 Å². The molecule has 1 amide bonds. The molecule has 1 atom stereocenters. The number of carbonyl (C=O) groups is 2. The average Bonchev–Trinajstić information content (AvgIpc) is 2.38. The van der Waals surface area contributed by atoms with Crippen LogP contribution in [0, 0.1) is 0 Å². The number of benzene rings is 1. The van der Waals surface area contributed by atoms with Crippen molar-refractivity contribution in [2.75, 3.05) is 6.54 Å². The minimum Gasteiger partial charge on any atom is -0.480 e. The summed E-state index contributed by atoms with van der Waals surface area (Å²) in [5, 5.41) is 9.85. The first-order valence-corrected chi connectivity index (χ1v) is 6.75. The molecule has 0 aromatic heterocycles. The number of rotatable bonds is 2. The number of nitrogens with zero attached hydrogens (tertiary/aromatic N) is 1. The van der Waals surface area contributed by atoms with Crippen molar-refractivity contribution in [2.24, 2.45) is 0 Å². The molecule has 4 nitrogen and oxygen atoms in total. The maximum absolute atomic E-state index is 12.4. The van der Waals surface area contributed by atoms with Gasteiger partial charge in [0.1, 0.15) is 6.04 Å². The van der Waals surface area contributed by atoms with Crippen LogP contribution in [0.3, 0.4) is 0 Å². The van der Waals surface area contributed by atoms with Gasteiger partial charge in [0.05, 0.1) is 10.6 Å². The number of likely N-dealkylation sites (tertiary alicyclic amines) is 1. The van der Waals surface area contributed by atoms with Crippen LogP contribution in [0.15, 0.2) is 18.2 Å². The van der Waals surface area contributed by atoms with Gasteiger partial charge in [0.25, 0.3) is 5.91 Å². The molecule has 6 heteroatoms. The fraction of sp³-hybridized carbons (Fsp3) is 0.385. The number of halogens is 2. The Labute approximate surface area is 120 Å². The van der Waals surface area contributed by atoms with Gasteiger partial charge < -0.3 is 10.0 Å². The minimum atomic E-state index is -0.974. The molecule has 0 aliphatic carbocycles. The van der Waals surface area contributed by atoms with Gasteiger partial charge in [-0.3, -0.25) is 4.79 Å². The van der Waals surface area contributed by atoms with E-state index in [2.05, 4.69) is 0 Å². The molecule has 19 heavy (non-hydrogen) atoms. The standard InChI is InChI=1S/C13H13Cl2NO3/c14-8-4-5-9(10(15)7-8)12(17)16-6-2-1-3-11(16)13(18)19/h4-5,7,11H,1-3,6H2,(H,18,19). The van der Waals surface area contributed by atoms with Crippen LogP contribution in [-0.2, 0) is 4.79 Å².